The molecular weight excluding hydrogens is 411 g/mol. The van der Waals surface area contributed by atoms with Gasteiger partial charge in [-0.3, -0.25) is 5.14 Å². The van der Waals surface area contributed by atoms with Crippen molar-refractivity contribution in [1.29, 1.82) is 0 Å². The van der Waals surface area contributed by atoms with E-state index >= 15 is 0 Å². The number of nitrogens with two attached hydrogens (primary N) is 1. The molecule has 0 saturated heterocycles. The summed E-state index contributed by atoms with van der Waals surface area (Å²) in [4.78, 5) is 4.08. The normalized spacial score (nSPS) is 12.2. The first-order chi connectivity index (χ1) is 15.2. The maximum absolute atomic E-state index is 13.8. The Balaban J connectivity index is 0.000000158. The maximum atomic E-state index is 13.8. The molecule has 4 N–H and O–H groups in total. The quantitative estimate of drug-likeness (QED) is 0.362. The van der Waals surface area contributed by atoms with Gasteiger partial charge in [-0.05, 0) is 65.7 Å². The number of halogens is 1. The number of aromatic nitrogens is 1. The van der Waals surface area contributed by atoms with Crippen LogP contribution in [0, 0.1) is 5.82 Å². The number of aryl methyl sites for hydroxylation is 1. The van der Waals surface area contributed by atoms with Crippen LogP contribution in [0.25, 0.3) is 22.0 Å². The number of H-pyrrole nitrogens is 1. The molecule has 0 atom stereocenters. The summed E-state index contributed by atoms with van der Waals surface area (Å²) in [6.07, 6.45) is 4.66. The Hall–Kier alpha value is -2.80. The summed E-state index contributed by atoms with van der Waals surface area (Å²) in [5, 5.41) is 15.7. The van der Waals surface area contributed by atoms with Crippen LogP contribution in [0.5, 0.6) is 5.75 Å². The fraction of sp³-hybridized carbons (Fsp3) is 0.200. The third kappa shape index (κ3) is 4.77. The molecule has 0 amide bonds. The van der Waals surface area contributed by atoms with E-state index in [1.807, 2.05) is 36.5 Å². The number of fused-ring (bicyclic) bond motifs is 2. The third-order valence-electron chi connectivity index (χ3n) is 5.34. The number of aliphatic hydroxyl groups is 1. The lowest BCUT2D eigenvalue weighted by atomic mass is 10.0. The topological polar surface area (TPSA) is 71.3 Å². The highest BCUT2D eigenvalue weighted by Crippen LogP contribution is 2.38. The van der Waals surface area contributed by atoms with Crippen LogP contribution < -0.4 is 9.88 Å². The van der Waals surface area contributed by atoms with Crippen LogP contribution in [-0.2, 0) is 12.8 Å². The van der Waals surface area contributed by atoms with Crippen LogP contribution in [0.3, 0.4) is 0 Å². The molecule has 0 aliphatic carbocycles. The summed E-state index contributed by atoms with van der Waals surface area (Å²) in [5.41, 5.74) is 5.02. The zero-order valence-corrected chi connectivity index (χ0v) is 17.9. The Kier molecular flexibility index (Phi) is 6.92. The van der Waals surface area contributed by atoms with Gasteiger partial charge in [-0.2, -0.15) is 0 Å². The van der Waals surface area contributed by atoms with Crippen LogP contribution in [0.4, 0.5) is 4.39 Å². The molecule has 6 heteroatoms. The molecule has 0 unspecified atom stereocenters. The molecule has 5 rings (SSSR count). The highest BCUT2D eigenvalue weighted by molar-refractivity contribution is 7.97. The van der Waals surface area contributed by atoms with E-state index in [0.29, 0.717) is 12.2 Å². The predicted molar refractivity (Wildman–Crippen MR) is 125 cm³/mol. The fourth-order valence-corrected chi connectivity index (χ4v) is 4.31. The first kappa shape index (κ1) is 21.4. The van der Waals surface area contributed by atoms with Gasteiger partial charge in [-0.25, -0.2) is 4.39 Å². The van der Waals surface area contributed by atoms with Crippen LogP contribution in [0.1, 0.15) is 17.5 Å². The monoisotopic (exact) mass is 436 g/mol. The van der Waals surface area contributed by atoms with Crippen LogP contribution in [0.2, 0.25) is 0 Å². The van der Waals surface area contributed by atoms with Gasteiger partial charge in [0.05, 0.1) is 11.5 Å². The lowest BCUT2D eigenvalue weighted by molar-refractivity contribution is 0.289. The molecule has 0 spiro atoms. The molecule has 4 nitrogen and oxygen atoms in total. The number of benzene rings is 3. The minimum absolute atomic E-state index is 0.218. The molecular formula is C25H25FN2O2S. The SMILES string of the molecule is NSc1cc(-c2ccccc2F)cc2c1OCC2.OCCCc1c[nH]c2ccccc12. The van der Waals surface area contributed by atoms with E-state index in [-0.39, 0.29) is 12.4 Å². The average molecular weight is 437 g/mol. The molecule has 0 radical (unpaired) electrons. The Morgan fingerprint density at radius 2 is 1.90 bits per heavy atom. The number of nitrogens with one attached hydrogen (secondary N) is 1. The number of rotatable bonds is 5. The van der Waals surface area contributed by atoms with E-state index in [2.05, 4.69) is 17.1 Å². The van der Waals surface area contributed by atoms with Gasteiger partial charge in [-0.15, -0.1) is 0 Å². The van der Waals surface area contributed by atoms with Crippen molar-refractivity contribution in [1.82, 2.24) is 4.98 Å². The summed E-state index contributed by atoms with van der Waals surface area (Å²) < 4.78 is 19.3. The molecule has 1 aliphatic rings. The standard InChI is InChI=1S/C14H12FNOS.C11H13NO/c15-12-4-2-1-3-11(12)10-7-9-5-6-17-14(9)13(8-10)18-16;13-7-3-4-9-8-12-11-6-2-1-5-10(9)11/h1-4,7-8H,5-6,16H2;1-2,5-6,8,12-13H,3-4,7H2. The summed E-state index contributed by atoms with van der Waals surface area (Å²) in [6, 6.07) is 18.9. The first-order valence-corrected chi connectivity index (χ1v) is 11.2. The van der Waals surface area contributed by atoms with E-state index in [9.17, 15) is 4.39 Å². The van der Waals surface area contributed by atoms with Gasteiger partial charge >= 0.3 is 0 Å². The summed E-state index contributed by atoms with van der Waals surface area (Å²) >= 11 is 1.14. The number of aromatic amines is 1. The van der Waals surface area contributed by atoms with Crippen molar-refractivity contribution < 1.29 is 14.2 Å². The number of hydrogen-bond donors (Lipinski definition) is 3. The second-order valence-corrected chi connectivity index (χ2v) is 8.02. The minimum atomic E-state index is -0.218. The predicted octanol–water partition coefficient (Wildman–Crippen LogP) is 5.49. The zero-order valence-electron chi connectivity index (χ0n) is 17.1. The van der Waals surface area contributed by atoms with E-state index in [0.717, 1.165) is 53.0 Å². The van der Waals surface area contributed by atoms with Gasteiger partial charge in [0, 0.05) is 35.7 Å². The highest BCUT2D eigenvalue weighted by atomic mass is 32.2. The Labute approximate surface area is 185 Å². The van der Waals surface area contributed by atoms with Crippen LogP contribution in [0.15, 0.2) is 71.8 Å². The van der Waals surface area contributed by atoms with E-state index in [1.165, 1.54) is 22.5 Å². The van der Waals surface area contributed by atoms with E-state index in [4.69, 9.17) is 15.0 Å². The smallest absolute Gasteiger partial charge is 0.137 e. The van der Waals surface area contributed by atoms with Crippen molar-refractivity contribution in [2.24, 2.45) is 5.14 Å². The second-order valence-electron chi connectivity index (χ2n) is 7.35. The third-order valence-corrected chi connectivity index (χ3v) is 5.90. The van der Waals surface area contributed by atoms with E-state index < -0.39 is 0 Å². The van der Waals surface area contributed by atoms with Crippen LogP contribution in [-0.4, -0.2) is 23.3 Å². The minimum Gasteiger partial charge on any atom is -0.492 e. The Morgan fingerprint density at radius 3 is 2.71 bits per heavy atom. The number of ether oxygens (including phenoxy) is 1. The van der Waals surface area contributed by atoms with Gasteiger partial charge in [0.15, 0.2) is 0 Å². The summed E-state index contributed by atoms with van der Waals surface area (Å²) in [5.74, 6) is 0.631. The van der Waals surface area contributed by atoms with Gasteiger partial charge in [0.25, 0.3) is 0 Å². The molecule has 0 saturated carbocycles. The molecule has 31 heavy (non-hydrogen) atoms. The largest absolute Gasteiger partial charge is 0.492 e. The molecule has 0 bridgehead atoms. The molecule has 1 aliphatic heterocycles. The van der Waals surface area contributed by atoms with Crippen molar-refractivity contribution in [3.8, 4) is 16.9 Å². The average Bonchev–Trinajstić information content (AvgIpc) is 3.45. The van der Waals surface area contributed by atoms with E-state index in [1.54, 1.807) is 12.1 Å². The fourth-order valence-electron chi connectivity index (χ4n) is 3.82. The highest BCUT2D eigenvalue weighted by Gasteiger charge is 2.19. The van der Waals surface area contributed by atoms with Gasteiger partial charge in [-0.1, -0.05) is 36.4 Å². The molecule has 4 aromatic rings. The van der Waals surface area contributed by atoms with Gasteiger partial charge < -0.3 is 14.8 Å². The van der Waals surface area contributed by atoms with Crippen molar-refractivity contribution >= 4 is 22.9 Å². The van der Waals surface area contributed by atoms with Crippen molar-refractivity contribution in [2.45, 2.75) is 24.2 Å². The lowest BCUT2D eigenvalue weighted by Gasteiger charge is -2.09. The number of aliphatic hydroxyl groups excluding tert-OH is 1. The maximum Gasteiger partial charge on any atom is 0.137 e. The Morgan fingerprint density at radius 1 is 1.10 bits per heavy atom. The van der Waals surface area contributed by atoms with Crippen LogP contribution >= 0.6 is 11.9 Å². The first-order valence-electron chi connectivity index (χ1n) is 10.3. The Bertz CT molecular complexity index is 1180. The number of para-hydroxylation sites is 1. The molecule has 160 valence electrons. The lowest BCUT2D eigenvalue weighted by Crippen LogP contribution is -1.91. The second kappa shape index (κ2) is 10.0. The molecule has 2 heterocycles. The zero-order chi connectivity index (χ0) is 21.6. The van der Waals surface area contributed by atoms with Gasteiger partial charge in [0.1, 0.15) is 11.6 Å². The molecule has 3 aromatic carbocycles. The summed E-state index contributed by atoms with van der Waals surface area (Å²) in [7, 11) is 0. The number of hydrogen-bond acceptors (Lipinski definition) is 4. The molecule has 1 aromatic heterocycles. The van der Waals surface area contributed by atoms with Crippen molar-refractivity contribution in [2.75, 3.05) is 13.2 Å². The van der Waals surface area contributed by atoms with Crippen molar-refractivity contribution in [3.63, 3.8) is 0 Å². The van der Waals surface area contributed by atoms with Gasteiger partial charge in [0.2, 0.25) is 0 Å². The van der Waals surface area contributed by atoms with Crippen molar-refractivity contribution in [3.05, 3.63) is 83.8 Å². The molecule has 0 fully saturated rings. The summed E-state index contributed by atoms with van der Waals surface area (Å²) in [6.45, 7) is 0.934.